The molecule has 0 bridgehead atoms. The number of carbonyl (C=O) groups excluding carboxylic acids is 2. The predicted molar refractivity (Wildman–Crippen MR) is 105 cm³/mol. The standard InChI is InChI=1S/C19H19N5O6/c1-11-8-12(4-6-15(11)24(27)28)29-10-13-5-7-16(30-13)18(25)21-14-9-23(3)22-17(14)19(26)20-2/h4-9H,10H2,1-3H3,(H,20,26)(H,21,25). The summed E-state index contributed by atoms with van der Waals surface area (Å²) in [5.74, 6) is -0.136. The highest BCUT2D eigenvalue weighted by Gasteiger charge is 2.19. The minimum absolute atomic E-state index is 0.00540. The Morgan fingerprint density at radius 1 is 1.27 bits per heavy atom. The highest BCUT2D eigenvalue weighted by molar-refractivity contribution is 6.06. The molecule has 0 saturated heterocycles. The summed E-state index contributed by atoms with van der Waals surface area (Å²) < 4.78 is 12.5. The van der Waals surface area contributed by atoms with Gasteiger partial charge in [0.05, 0.1) is 10.6 Å². The van der Waals surface area contributed by atoms with E-state index in [9.17, 15) is 19.7 Å². The zero-order valence-electron chi connectivity index (χ0n) is 16.5. The first kappa shape index (κ1) is 20.6. The molecular weight excluding hydrogens is 394 g/mol. The number of aryl methyl sites for hydroxylation is 2. The molecule has 0 aliphatic carbocycles. The first-order valence-corrected chi connectivity index (χ1v) is 8.82. The number of nitro benzene ring substituents is 1. The second-order valence-corrected chi connectivity index (χ2v) is 6.36. The van der Waals surface area contributed by atoms with Gasteiger partial charge >= 0.3 is 0 Å². The molecule has 2 heterocycles. The molecule has 156 valence electrons. The topological polar surface area (TPSA) is 142 Å². The van der Waals surface area contributed by atoms with Crippen LogP contribution in [0.3, 0.4) is 0 Å². The predicted octanol–water partition coefficient (Wildman–Crippen LogP) is 2.42. The Balaban J connectivity index is 1.65. The van der Waals surface area contributed by atoms with Gasteiger partial charge in [-0.05, 0) is 31.2 Å². The summed E-state index contributed by atoms with van der Waals surface area (Å²) in [4.78, 5) is 34.7. The lowest BCUT2D eigenvalue weighted by molar-refractivity contribution is -0.385. The number of carbonyl (C=O) groups is 2. The summed E-state index contributed by atoms with van der Waals surface area (Å²) in [5, 5.41) is 19.9. The number of anilines is 1. The third-order valence-electron chi connectivity index (χ3n) is 4.15. The summed E-state index contributed by atoms with van der Waals surface area (Å²) in [5.41, 5.74) is 0.806. The Hall–Kier alpha value is -4.15. The molecule has 3 aromatic rings. The molecule has 0 unspecified atom stereocenters. The van der Waals surface area contributed by atoms with Crippen LogP contribution in [0.1, 0.15) is 32.4 Å². The van der Waals surface area contributed by atoms with E-state index in [2.05, 4.69) is 15.7 Å². The maximum absolute atomic E-state index is 12.4. The molecule has 2 amide bonds. The van der Waals surface area contributed by atoms with Crippen molar-refractivity contribution in [1.29, 1.82) is 0 Å². The summed E-state index contributed by atoms with van der Waals surface area (Å²) >= 11 is 0. The smallest absolute Gasteiger partial charge is 0.291 e. The number of ether oxygens (including phenoxy) is 1. The molecule has 0 spiro atoms. The third-order valence-corrected chi connectivity index (χ3v) is 4.15. The van der Waals surface area contributed by atoms with Gasteiger partial charge in [-0.15, -0.1) is 0 Å². The summed E-state index contributed by atoms with van der Waals surface area (Å²) in [6.45, 7) is 1.65. The number of hydrogen-bond donors (Lipinski definition) is 2. The van der Waals surface area contributed by atoms with Crippen molar-refractivity contribution >= 4 is 23.2 Å². The monoisotopic (exact) mass is 413 g/mol. The lowest BCUT2D eigenvalue weighted by atomic mass is 10.2. The van der Waals surface area contributed by atoms with Gasteiger partial charge in [-0.1, -0.05) is 0 Å². The van der Waals surface area contributed by atoms with Crippen molar-refractivity contribution in [3.05, 3.63) is 69.4 Å². The highest BCUT2D eigenvalue weighted by atomic mass is 16.6. The Morgan fingerprint density at radius 3 is 2.70 bits per heavy atom. The maximum Gasteiger partial charge on any atom is 0.291 e. The van der Waals surface area contributed by atoms with Crippen LogP contribution in [0.15, 0.2) is 40.9 Å². The van der Waals surface area contributed by atoms with Gasteiger partial charge < -0.3 is 19.8 Å². The average Bonchev–Trinajstić information content (AvgIpc) is 3.32. The van der Waals surface area contributed by atoms with Crippen LogP contribution in [0.5, 0.6) is 5.75 Å². The first-order chi connectivity index (χ1) is 14.3. The van der Waals surface area contributed by atoms with Crippen molar-refractivity contribution in [2.45, 2.75) is 13.5 Å². The van der Waals surface area contributed by atoms with Crippen LogP contribution in [0.25, 0.3) is 0 Å². The average molecular weight is 413 g/mol. The van der Waals surface area contributed by atoms with Crippen molar-refractivity contribution in [1.82, 2.24) is 15.1 Å². The molecule has 1 aromatic carbocycles. The van der Waals surface area contributed by atoms with Crippen LogP contribution in [-0.4, -0.2) is 33.6 Å². The van der Waals surface area contributed by atoms with Crippen LogP contribution in [-0.2, 0) is 13.7 Å². The van der Waals surface area contributed by atoms with Crippen LogP contribution in [0.2, 0.25) is 0 Å². The number of aromatic nitrogens is 2. The van der Waals surface area contributed by atoms with E-state index in [-0.39, 0.29) is 29.4 Å². The lowest BCUT2D eigenvalue weighted by Crippen LogP contribution is -2.21. The van der Waals surface area contributed by atoms with E-state index in [1.54, 1.807) is 26.1 Å². The van der Waals surface area contributed by atoms with E-state index in [1.165, 1.54) is 36.1 Å². The van der Waals surface area contributed by atoms with Gasteiger partial charge in [0, 0.05) is 31.9 Å². The van der Waals surface area contributed by atoms with Gasteiger partial charge in [0.1, 0.15) is 18.1 Å². The van der Waals surface area contributed by atoms with Crippen molar-refractivity contribution in [3.8, 4) is 5.75 Å². The summed E-state index contributed by atoms with van der Waals surface area (Å²) in [7, 11) is 3.10. The third kappa shape index (κ3) is 4.46. The number of benzene rings is 1. The fourth-order valence-electron chi connectivity index (χ4n) is 2.70. The normalized spacial score (nSPS) is 10.5. The molecule has 2 N–H and O–H groups in total. The lowest BCUT2D eigenvalue weighted by Gasteiger charge is -2.06. The van der Waals surface area contributed by atoms with E-state index in [1.807, 2.05) is 0 Å². The number of furan rings is 1. The molecule has 0 radical (unpaired) electrons. The molecule has 0 fully saturated rings. The Kier molecular flexibility index (Phi) is 5.81. The molecule has 11 heteroatoms. The van der Waals surface area contributed by atoms with Gasteiger partial charge in [0.2, 0.25) is 0 Å². The maximum atomic E-state index is 12.4. The molecule has 0 aliphatic rings. The van der Waals surface area contributed by atoms with Crippen molar-refractivity contribution in [3.63, 3.8) is 0 Å². The zero-order valence-corrected chi connectivity index (χ0v) is 16.5. The Bertz CT molecular complexity index is 1120. The molecular formula is C19H19N5O6. The molecule has 0 atom stereocenters. The SMILES string of the molecule is CNC(=O)c1nn(C)cc1NC(=O)c1ccc(COc2ccc([N+](=O)[O-])c(C)c2)o1. The van der Waals surface area contributed by atoms with Gasteiger partial charge in [-0.25, -0.2) is 0 Å². The van der Waals surface area contributed by atoms with Crippen molar-refractivity contribution in [2.75, 3.05) is 12.4 Å². The van der Waals surface area contributed by atoms with E-state index >= 15 is 0 Å². The summed E-state index contributed by atoms with van der Waals surface area (Å²) in [6.07, 6.45) is 1.51. The number of nitro groups is 1. The van der Waals surface area contributed by atoms with E-state index in [0.717, 1.165) is 0 Å². The van der Waals surface area contributed by atoms with Gasteiger partial charge in [0.15, 0.2) is 11.5 Å². The fourth-order valence-corrected chi connectivity index (χ4v) is 2.70. The fraction of sp³-hybridized carbons (Fsp3) is 0.211. The highest BCUT2D eigenvalue weighted by Crippen LogP contribution is 2.24. The number of amides is 2. The molecule has 2 aromatic heterocycles. The largest absolute Gasteiger partial charge is 0.486 e. The number of nitrogens with zero attached hydrogens (tertiary/aromatic N) is 3. The van der Waals surface area contributed by atoms with E-state index in [0.29, 0.717) is 17.1 Å². The van der Waals surface area contributed by atoms with E-state index < -0.39 is 16.7 Å². The van der Waals surface area contributed by atoms with Crippen LogP contribution >= 0.6 is 0 Å². The number of rotatable bonds is 7. The van der Waals surface area contributed by atoms with Crippen molar-refractivity contribution < 1.29 is 23.7 Å². The quantitative estimate of drug-likeness (QED) is 0.447. The Morgan fingerprint density at radius 2 is 2.03 bits per heavy atom. The van der Waals surface area contributed by atoms with Gasteiger partial charge in [-0.3, -0.25) is 24.4 Å². The first-order valence-electron chi connectivity index (χ1n) is 8.82. The minimum Gasteiger partial charge on any atom is -0.486 e. The van der Waals surface area contributed by atoms with E-state index in [4.69, 9.17) is 9.15 Å². The molecule has 0 aliphatic heterocycles. The number of hydrogen-bond acceptors (Lipinski definition) is 7. The minimum atomic E-state index is -0.550. The molecule has 0 saturated carbocycles. The molecule has 11 nitrogen and oxygen atoms in total. The zero-order chi connectivity index (χ0) is 21.8. The van der Waals surface area contributed by atoms with Gasteiger partial charge in [-0.2, -0.15) is 5.10 Å². The van der Waals surface area contributed by atoms with Crippen LogP contribution < -0.4 is 15.4 Å². The van der Waals surface area contributed by atoms with Crippen LogP contribution in [0, 0.1) is 17.0 Å². The van der Waals surface area contributed by atoms with Gasteiger partial charge in [0.25, 0.3) is 17.5 Å². The Labute approximate surface area is 170 Å². The van der Waals surface area contributed by atoms with Crippen molar-refractivity contribution in [2.24, 2.45) is 7.05 Å². The summed E-state index contributed by atoms with van der Waals surface area (Å²) in [6, 6.07) is 7.46. The second kappa shape index (κ2) is 8.47. The van der Waals surface area contributed by atoms with Crippen LogP contribution in [0.4, 0.5) is 11.4 Å². The molecule has 30 heavy (non-hydrogen) atoms. The number of nitrogens with one attached hydrogen (secondary N) is 2. The molecule has 3 rings (SSSR count). The second-order valence-electron chi connectivity index (χ2n) is 6.36.